The number of ether oxygens (including phenoxy) is 1. The minimum atomic E-state index is -0.481. The van der Waals surface area contributed by atoms with Crippen LogP contribution in [0.15, 0.2) is 48.5 Å². The van der Waals surface area contributed by atoms with Gasteiger partial charge in [-0.1, -0.05) is 0 Å². The summed E-state index contributed by atoms with van der Waals surface area (Å²) in [5.74, 6) is -0.0386. The number of aryl methyl sites for hydroxylation is 2. The van der Waals surface area contributed by atoms with Gasteiger partial charge >= 0.3 is 0 Å². The predicted octanol–water partition coefficient (Wildman–Crippen LogP) is 3.55. The first-order chi connectivity index (χ1) is 13.3. The predicted molar refractivity (Wildman–Crippen MR) is 100 cm³/mol. The Morgan fingerprint density at radius 3 is 2.57 bits per heavy atom. The van der Waals surface area contributed by atoms with E-state index in [0.29, 0.717) is 28.5 Å². The van der Waals surface area contributed by atoms with Crippen LogP contribution in [0.4, 0.5) is 15.9 Å². The van der Waals surface area contributed by atoms with Crippen LogP contribution in [0, 0.1) is 29.8 Å². The van der Waals surface area contributed by atoms with E-state index < -0.39 is 10.8 Å². The molecule has 3 rings (SSSR count). The summed E-state index contributed by atoms with van der Waals surface area (Å²) in [6.07, 6.45) is 0. The van der Waals surface area contributed by atoms with E-state index in [1.54, 1.807) is 32.0 Å². The first kappa shape index (κ1) is 19.0. The average Bonchev–Trinajstić information content (AvgIpc) is 3.00. The third-order valence-corrected chi connectivity index (χ3v) is 3.91. The van der Waals surface area contributed by atoms with Gasteiger partial charge < -0.3 is 10.1 Å². The molecule has 0 unspecified atom stereocenters. The van der Waals surface area contributed by atoms with Gasteiger partial charge in [0, 0.05) is 17.7 Å². The topological polar surface area (TPSA) is 99.3 Å². The highest BCUT2D eigenvalue weighted by Crippen LogP contribution is 2.23. The van der Waals surface area contributed by atoms with Crippen LogP contribution < -0.4 is 10.1 Å². The van der Waals surface area contributed by atoms with Crippen molar-refractivity contribution in [2.45, 2.75) is 13.8 Å². The molecule has 0 saturated carbocycles. The third-order valence-electron chi connectivity index (χ3n) is 3.91. The number of carbonyl (C=O) groups excluding carboxylic acids is 1. The Bertz CT molecular complexity index is 1030. The maximum Gasteiger partial charge on any atom is 0.272 e. The number of nitro benzene ring substituents is 1. The number of benzene rings is 2. The number of carbonyl (C=O) groups is 1. The van der Waals surface area contributed by atoms with Gasteiger partial charge in [-0.2, -0.15) is 5.10 Å². The molecule has 0 aliphatic heterocycles. The van der Waals surface area contributed by atoms with Crippen molar-refractivity contribution in [1.29, 1.82) is 0 Å². The molecule has 0 bridgehead atoms. The summed E-state index contributed by atoms with van der Waals surface area (Å²) >= 11 is 0. The standard InChI is InChI=1S/C19H17FN4O4/c1-12-9-16(7-8-17(12)24(26)27)28-11-19(25)21-18-10-13(2)22-23(18)15-5-3-14(20)4-6-15/h3-10H,11H2,1-2H3,(H,21,25). The Morgan fingerprint density at radius 1 is 1.21 bits per heavy atom. The molecule has 1 aromatic heterocycles. The molecular weight excluding hydrogens is 367 g/mol. The van der Waals surface area contributed by atoms with Gasteiger partial charge in [0.25, 0.3) is 11.6 Å². The van der Waals surface area contributed by atoms with Crippen molar-refractivity contribution in [3.63, 3.8) is 0 Å². The number of anilines is 1. The quantitative estimate of drug-likeness (QED) is 0.517. The maximum absolute atomic E-state index is 13.1. The summed E-state index contributed by atoms with van der Waals surface area (Å²) in [5, 5.41) is 17.8. The second-order valence-corrected chi connectivity index (χ2v) is 6.10. The van der Waals surface area contributed by atoms with Crippen molar-refractivity contribution in [3.8, 4) is 11.4 Å². The maximum atomic E-state index is 13.1. The zero-order chi connectivity index (χ0) is 20.3. The number of rotatable bonds is 6. The molecule has 1 N–H and O–H groups in total. The molecule has 28 heavy (non-hydrogen) atoms. The average molecular weight is 384 g/mol. The third kappa shape index (κ3) is 4.32. The van der Waals surface area contributed by atoms with Crippen molar-refractivity contribution in [2.75, 3.05) is 11.9 Å². The molecule has 0 saturated heterocycles. The van der Waals surface area contributed by atoms with Crippen LogP contribution in [0.3, 0.4) is 0 Å². The largest absolute Gasteiger partial charge is 0.484 e. The monoisotopic (exact) mass is 384 g/mol. The molecule has 0 radical (unpaired) electrons. The van der Waals surface area contributed by atoms with Gasteiger partial charge in [-0.15, -0.1) is 0 Å². The number of nitro groups is 1. The summed E-state index contributed by atoms with van der Waals surface area (Å²) in [4.78, 5) is 22.6. The lowest BCUT2D eigenvalue weighted by molar-refractivity contribution is -0.385. The molecule has 0 atom stereocenters. The van der Waals surface area contributed by atoms with Crippen LogP contribution >= 0.6 is 0 Å². The lowest BCUT2D eigenvalue weighted by atomic mass is 10.2. The van der Waals surface area contributed by atoms with E-state index >= 15 is 0 Å². The Labute approximate surface area is 159 Å². The summed E-state index contributed by atoms with van der Waals surface area (Å²) in [6, 6.07) is 11.6. The molecule has 144 valence electrons. The van der Waals surface area contributed by atoms with Crippen molar-refractivity contribution in [3.05, 3.63) is 75.7 Å². The number of nitrogens with one attached hydrogen (secondary N) is 1. The number of hydrogen-bond donors (Lipinski definition) is 1. The lowest BCUT2D eigenvalue weighted by Crippen LogP contribution is -2.22. The molecule has 0 aliphatic rings. The first-order valence-corrected chi connectivity index (χ1v) is 8.34. The Morgan fingerprint density at radius 2 is 1.93 bits per heavy atom. The number of halogens is 1. The highest BCUT2D eigenvalue weighted by molar-refractivity contribution is 5.91. The van der Waals surface area contributed by atoms with E-state index in [9.17, 15) is 19.3 Å². The number of hydrogen-bond acceptors (Lipinski definition) is 5. The fraction of sp³-hybridized carbons (Fsp3) is 0.158. The summed E-state index contributed by atoms with van der Waals surface area (Å²) < 4.78 is 20.0. The van der Waals surface area contributed by atoms with Gasteiger partial charge in [-0.25, -0.2) is 9.07 Å². The van der Waals surface area contributed by atoms with E-state index in [0.717, 1.165) is 0 Å². The second kappa shape index (κ2) is 7.87. The van der Waals surface area contributed by atoms with Gasteiger partial charge in [0.1, 0.15) is 17.4 Å². The van der Waals surface area contributed by atoms with Crippen LogP contribution in [0.2, 0.25) is 0 Å². The Balaban J connectivity index is 1.68. The van der Waals surface area contributed by atoms with Gasteiger partial charge in [-0.05, 0) is 50.2 Å². The van der Waals surface area contributed by atoms with Gasteiger partial charge in [0.05, 0.1) is 16.3 Å². The van der Waals surface area contributed by atoms with Crippen LogP contribution in [-0.4, -0.2) is 27.2 Å². The van der Waals surface area contributed by atoms with E-state index in [4.69, 9.17) is 4.74 Å². The smallest absolute Gasteiger partial charge is 0.272 e. The lowest BCUT2D eigenvalue weighted by Gasteiger charge is -2.10. The molecule has 2 aromatic carbocycles. The molecule has 1 amide bonds. The number of amides is 1. The van der Waals surface area contributed by atoms with Crippen molar-refractivity contribution >= 4 is 17.4 Å². The molecule has 9 heteroatoms. The van der Waals surface area contributed by atoms with E-state index in [1.165, 1.54) is 35.0 Å². The summed E-state index contributed by atoms with van der Waals surface area (Å²) in [6.45, 7) is 3.08. The Hall–Kier alpha value is -3.75. The normalized spacial score (nSPS) is 10.5. The number of aromatic nitrogens is 2. The SMILES string of the molecule is Cc1cc(NC(=O)COc2ccc([N+](=O)[O-])c(C)c2)n(-c2ccc(F)cc2)n1. The second-order valence-electron chi connectivity index (χ2n) is 6.10. The fourth-order valence-electron chi connectivity index (χ4n) is 2.62. The summed E-state index contributed by atoms with van der Waals surface area (Å²) in [7, 11) is 0. The Kier molecular flexibility index (Phi) is 5.35. The van der Waals surface area contributed by atoms with Crippen molar-refractivity contribution in [2.24, 2.45) is 0 Å². The van der Waals surface area contributed by atoms with Gasteiger partial charge in [-0.3, -0.25) is 14.9 Å². The minimum Gasteiger partial charge on any atom is -0.484 e. The highest BCUT2D eigenvalue weighted by Gasteiger charge is 2.14. The van der Waals surface area contributed by atoms with Gasteiger partial charge in [0.2, 0.25) is 0 Å². The van der Waals surface area contributed by atoms with Gasteiger partial charge in [0.15, 0.2) is 6.61 Å². The minimum absolute atomic E-state index is 0.0181. The molecule has 0 fully saturated rings. The van der Waals surface area contributed by atoms with Crippen LogP contribution in [0.5, 0.6) is 5.75 Å². The molecule has 3 aromatic rings. The zero-order valence-electron chi connectivity index (χ0n) is 15.2. The number of nitrogens with zero attached hydrogens (tertiary/aromatic N) is 3. The van der Waals surface area contributed by atoms with E-state index in [-0.39, 0.29) is 18.1 Å². The van der Waals surface area contributed by atoms with Crippen molar-refractivity contribution < 1.29 is 18.8 Å². The highest BCUT2D eigenvalue weighted by atomic mass is 19.1. The molecule has 8 nitrogen and oxygen atoms in total. The molecule has 1 heterocycles. The molecule has 0 spiro atoms. The summed E-state index contributed by atoms with van der Waals surface area (Å²) in [5.41, 5.74) is 1.69. The van der Waals surface area contributed by atoms with E-state index in [1.807, 2.05) is 0 Å². The van der Waals surface area contributed by atoms with E-state index in [2.05, 4.69) is 10.4 Å². The zero-order valence-corrected chi connectivity index (χ0v) is 15.2. The molecular formula is C19H17FN4O4. The fourth-order valence-corrected chi connectivity index (χ4v) is 2.62. The van der Waals surface area contributed by atoms with Crippen molar-refractivity contribution in [1.82, 2.24) is 9.78 Å². The van der Waals surface area contributed by atoms with Crippen LogP contribution in [-0.2, 0) is 4.79 Å². The van der Waals surface area contributed by atoms with Crippen LogP contribution in [0.1, 0.15) is 11.3 Å². The van der Waals surface area contributed by atoms with Crippen LogP contribution in [0.25, 0.3) is 5.69 Å². The molecule has 0 aliphatic carbocycles. The first-order valence-electron chi connectivity index (χ1n) is 8.34.